The van der Waals surface area contributed by atoms with Crippen molar-refractivity contribution >= 4 is 28.4 Å². The Morgan fingerprint density at radius 3 is 2.37 bits per heavy atom. The molecule has 9 heteroatoms. The van der Waals surface area contributed by atoms with Gasteiger partial charge in [0.15, 0.2) is 0 Å². The quantitative estimate of drug-likeness (QED) is 0.154. The molecule has 2 heterocycles. The Labute approximate surface area is 252 Å². The lowest BCUT2D eigenvalue weighted by molar-refractivity contribution is 0.233. The summed E-state index contributed by atoms with van der Waals surface area (Å²) < 4.78 is 7.34. The number of urea groups is 1. The van der Waals surface area contributed by atoms with Crippen LogP contribution < -0.4 is 20.9 Å². The minimum atomic E-state index is -0.532. The number of unbranched alkanes of at least 4 members (excludes halogenated alkanes) is 1. The monoisotopic (exact) mass is 581 g/mol. The number of aromatic nitrogens is 2. The molecule has 43 heavy (non-hydrogen) atoms. The van der Waals surface area contributed by atoms with Crippen LogP contribution in [0.15, 0.2) is 65.6 Å². The molecule has 9 nitrogen and oxygen atoms in total. The van der Waals surface area contributed by atoms with Crippen LogP contribution in [0.1, 0.15) is 69.9 Å². The first-order valence-corrected chi connectivity index (χ1v) is 14.7. The van der Waals surface area contributed by atoms with E-state index < -0.39 is 11.6 Å². The molecule has 4 aromatic rings. The zero-order valence-corrected chi connectivity index (χ0v) is 25.2. The van der Waals surface area contributed by atoms with Crippen molar-refractivity contribution < 1.29 is 14.6 Å². The number of nitrogens with one attached hydrogen (secondary N) is 2. The van der Waals surface area contributed by atoms with Crippen LogP contribution in [0.2, 0.25) is 0 Å². The second-order valence-corrected chi connectivity index (χ2v) is 11.0. The van der Waals surface area contributed by atoms with E-state index in [-0.39, 0.29) is 37.1 Å². The molecule has 4 rings (SSSR count). The van der Waals surface area contributed by atoms with Crippen LogP contribution in [0.5, 0.6) is 5.75 Å². The molecule has 0 fully saturated rings. The Kier molecular flexibility index (Phi) is 10.5. The predicted octanol–water partition coefficient (Wildman–Crippen LogP) is 7.02. The summed E-state index contributed by atoms with van der Waals surface area (Å²) in [4.78, 5) is 32.4. The van der Waals surface area contributed by atoms with Crippen molar-refractivity contribution in [3.8, 4) is 22.9 Å². The van der Waals surface area contributed by atoms with E-state index in [1.165, 1.54) is 4.57 Å². The first-order chi connectivity index (χ1) is 20.8. The Morgan fingerprint density at radius 2 is 1.70 bits per heavy atom. The van der Waals surface area contributed by atoms with Crippen LogP contribution in [-0.4, -0.2) is 33.9 Å². The van der Waals surface area contributed by atoms with E-state index in [4.69, 9.17) is 15.1 Å². The fourth-order valence-corrected chi connectivity index (χ4v) is 5.17. The van der Waals surface area contributed by atoms with Gasteiger partial charge in [-0.05, 0) is 59.2 Å². The van der Waals surface area contributed by atoms with Crippen LogP contribution in [0.4, 0.5) is 16.2 Å². The second kappa shape index (κ2) is 14.5. The molecule has 3 N–H and O–H groups in total. The molecule has 2 aromatic heterocycles. The highest BCUT2D eigenvalue weighted by molar-refractivity contribution is 6.07. The van der Waals surface area contributed by atoms with E-state index >= 15 is 0 Å². The molecule has 0 saturated carbocycles. The molecule has 2 amide bonds. The topological polar surface area (TPSA) is 129 Å². The van der Waals surface area contributed by atoms with Gasteiger partial charge in [-0.2, -0.15) is 5.26 Å². The Morgan fingerprint density at radius 1 is 1.00 bits per heavy atom. The number of aliphatic hydroxyl groups is 1. The van der Waals surface area contributed by atoms with Crippen molar-refractivity contribution in [2.75, 3.05) is 23.8 Å². The summed E-state index contributed by atoms with van der Waals surface area (Å²) in [5.74, 6) is 0.911. The zero-order valence-electron chi connectivity index (χ0n) is 25.2. The first kappa shape index (κ1) is 31.3. The number of fused-ring (bicyclic) bond motifs is 1. The lowest BCUT2D eigenvalue weighted by atomic mass is 9.93. The fraction of sp³-hybridized carbons (Fsp3) is 0.353. The molecule has 224 valence electrons. The van der Waals surface area contributed by atoms with Gasteiger partial charge in [-0.25, -0.2) is 9.78 Å². The summed E-state index contributed by atoms with van der Waals surface area (Å²) in [7, 11) is 0. The van der Waals surface area contributed by atoms with Gasteiger partial charge < -0.3 is 20.5 Å². The molecule has 0 saturated heterocycles. The highest BCUT2D eigenvalue weighted by Crippen LogP contribution is 2.36. The lowest BCUT2D eigenvalue weighted by Gasteiger charge is -2.22. The van der Waals surface area contributed by atoms with Crippen molar-refractivity contribution in [2.24, 2.45) is 0 Å². The van der Waals surface area contributed by atoms with Gasteiger partial charge in [-0.1, -0.05) is 58.0 Å². The third kappa shape index (κ3) is 7.22. The fourth-order valence-electron chi connectivity index (χ4n) is 5.17. The van der Waals surface area contributed by atoms with Crippen molar-refractivity contribution in [3.05, 3.63) is 82.3 Å². The van der Waals surface area contributed by atoms with Crippen LogP contribution >= 0.6 is 0 Å². The van der Waals surface area contributed by atoms with E-state index in [9.17, 15) is 9.59 Å². The molecule has 2 aromatic carbocycles. The van der Waals surface area contributed by atoms with Gasteiger partial charge >= 0.3 is 6.03 Å². The van der Waals surface area contributed by atoms with E-state index in [2.05, 4.69) is 49.4 Å². The van der Waals surface area contributed by atoms with E-state index in [0.717, 1.165) is 16.8 Å². The molecular formula is C34H39N5O4. The van der Waals surface area contributed by atoms with Gasteiger partial charge in [0, 0.05) is 48.8 Å². The minimum Gasteiger partial charge on any atom is -0.493 e. The maximum absolute atomic E-state index is 14.1. The number of benzene rings is 2. The van der Waals surface area contributed by atoms with Gasteiger partial charge in [0.05, 0.1) is 12.7 Å². The number of nitriles is 1. The maximum atomic E-state index is 14.1. The number of hydrogen-bond donors (Lipinski definition) is 3. The molecular weight excluding hydrogens is 542 g/mol. The maximum Gasteiger partial charge on any atom is 0.323 e. The summed E-state index contributed by atoms with van der Waals surface area (Å²) >= 11 is 0. The molecule has 0 radical (unpaired) electrons. The van der Waals surface area contributed by atoms with Crippen LogP contribution in [0.3, 0.4) is 0 Å². The zero-order chi connectivity index (χ0) is 30.9. The van der Waals surface area contributed by atoms with Crippen molar-refractivity contribution in [1.82, 2.24) is 9.55 Å². The third-order valence-electron chi connectivity index (χ3n) is 7.23. The highest BCUT2D eigenvalue weighted by atomic mass is 16.5. The van der Waals surface area contributed by atoms with Gasteiger partial charge in [-0.15, -0.1) is 0 Å². The Bertz CT molecular complexity index is 1660. The number of carbonyl (C=O) groups is 1. The number of hydrogen-bond acceptors (Lipinski definition) is 6. The smallest absolute Gasteiger partial charge is 0.323 e. The highest BCUT2D eigenvalue weighted by Gasteiger charge is 2.23. The van der Waals surface area contributed by atoms with Gasteiger partial charge in [0.1, 0.15) is 17.1 Å². The number of anilines is 2. The number of para-hydroxylation sites is 1. The summed E-state index contributed by atoms with van der Waals surface area (Å²) in [6, 6.07) is 18.5. The Balaban J connectivity index is 1.87. The van der Waals surface area contributed by atoms with Crippen LogP contribution in [0.25, 0.3) is 22.2 Å². The number of amides is 2. The van der Waals surface area contributed by atoms with Crippen molar-refractivity contribution in [3.63, 3.8) is 0 Å². The number of rotatable bonds is 12. The number of aryl methyl sites for hydroxylation is 1. The summed E-state index contributed by atoms with van der Waals surface area (Å²) in [6.07, 6.45) is 2.85. The number of carbonyl (C=O) groups excluding carboxylic acids is 1. The molecule has 0 unspecified atom stereocenters. The molecule has 0 aliphatic carbocycles. The van der Waals surface area contributed by atoms with Gasteiger partial charge in [-0.3, -0.25) is 9.36 Å². The van der Waals surface area contributed by atoms with Crippen LogP contribution in [-0.2, 0) is 6.54 Å². The largest absolute Gasteiger partial charge is 0.493 e. The summed E-state index contributed by atoms with van der Waals surface area (Å²) in [6.45, 7) is 8.93. The number of nitrogens with zero attached hydrogens (tertiary/aromatic N) is 3. The molecule has 0 bridgehead atoms. The summed E-state index contributed by atoms with van der Waals surface area (Å²) in [5.41, 5.74) is 4.09. The number of ether oxygens (including phenoxy) is 1. The first-order valence-electron chi connectivity index (χ1n) is 14.7. The van der Waals surface area contributed by atoms with Crippen molar-refractivity contribution in [1.29, 1.82) is 5.26 Å². The number of pyridine rings is 2. The normalized spacial score (nSPS) is 11.1. The molecule has 0 spiro atoms. The second-order valence-electron chi connectivity index (χ2n) is 11.0. The van der Waals surface area contributed by atoms with Gasteiger partial charge in [0.25, 0.3) is 5.56 Å². The summed E-state index contributed by atoms with van der Waals surface area (Å²) in [5, 5.41) is 24.9. The number of aliphatic hydroxyl groups excluding tert-OH is 1. The van der Waals surface area contributed by atoms with E-state index in [1.54, 1.807) is 18.3 Å². The molecule has 0 aliphatic heterocycles. The molecule has 0 atom stereocenters. The third-order valence-corrected chi connectivity index (χ3v) is 7.23. The standard InChI is InChI=1S/C34H39N5O4/c1-22(2)26-13-8-14-27(23(3)4)30(26)37-34(42)38-31-29(24-11-7-12-25(21-24)43-20-10-19-40)28-15-9-17-36-32(28)39(33(31)41)18-6-5-16-35/h7-9,11-15,17,21-23,40H,5-6,10,18-20H2,1-4H3,(H2,37,38,42). The molecule has 0 aliphatic rings. The van der Waals surface area contributed by atoms with E-state index in [1.807, 2.05) is 42.5 Å². The SMILES string of the molecule is CC(C)c1cccc(C(C)C)c1NC(=O)Nc1c(-c2cccc(OCCCO)c2)c2cccnc2n(CCCC#N)c1=O. The lowest BCUT2D eigenvalue weighted by Crippen LogP contribution is -2.30. The average molecular weight is 582 g/mol. The van der Waals surface area contributed by atoms with Crippen LogP contribution in [0, 0.1) is 11.3 Å². The Hall–Kier alpha value is -4.68. The van der Waals surface area contributed by atoms with Crippen molar-refractivity contribution in [2.45, 2.75) is 65.3 Å². The predicted molar refractivity (Wildman–Crippen MR) is 171 cm³/mol. The minimum absolute atomic E-state index is 0.0155. The average Bonchev–Trinajstić information content (AvgIpc) is 2.99. The van der Waals surface area contributed by atoms with E-state index in [0.29, 0.717) is 47.4 Å². The van der Waals surface area contributed by atoms with Gasteiger partial charge in [0.2, 0.25) is 0 Å².